The number of thiazole rings is 1. The largest absolute Gasteiger partial charge is 0.464 e. The molecule has 1 aliphatic rings. The second-order valence-electron chi connectivity index (χ2n) is 7.36. The van der Waals surface area contributed by atoms with Crippen LogP contribution in [-0.4, -0.2) is 47.9 Å². The maximum atomic E-state index is 12.6. The molecule has 1 fully saturated rings. The fourth-order valence-electron chi connectivity index (χ4n) is 3.03. The van der Waals surface area contributed by atoms with Crippen molar-refractivity contribution in [3.05, 3.63) is 16.1 Å². The summed E-state index contributed by atoms with van der Waals surface area (Å²) in [6.45, 7) is 5.42. The zero-order chi connectivity index (χ0) is 20.1. The molecule has 0 aliphatic heterocycles. The van der Waals surface area contributed by atoms with Crippen LogP contribution in [0.2, 0.25) is 0 Å². The average molecular weight is 397 g/mol. The Labute approximate surface area is 164 Å². The van der Waals surface area contributed by atoms with Crippen molar-refractivity contribution in [3.63, 3.8) is 0 Å². The van der Waals surface area contributed by atoms with Crippen molar-refractivity contribution in [1.29, 1.82) is 0 Å². The summed E-state index contributed by atoms with van der Waals surface area (Å²) in [6.07, 6.45) is 2.63. The minimum atomic E-state index is -0.616. The molecule has 1 heterocycles. The standard InChI is InChI=1S/C19H28N2O5S/c1-11(2)15(21(4)17(23)8-13-6-7-13)9-16(26-12(3)22)18-20-14(10-27-18)19(24)25-5/h10-11,13,15-16H,6-9H2,1-5H3. The van der Waals surface area contributed by atoms with Gasteiger partial charge in [0, 0.05) is 38.2 Å². The van der Waals surface area contributed by atoms with Crippen LogP contribution in [-0.2, 0) is 19.1 Å². The molecule has 27 heavy (non-hydrogen) atoms. The summed E-state index contributed by atoms with van der Waals surface area (Å²) >= 11 is 1.25. The normalized spacial score (nSPS) is 15.9. The highest BCUT2D eigenvalue weighted by atomic mass is 32.1. The molecule has 2 atom stereocenters. The van der Waals surface area contributed by atoms with E-state index >= 15 is 0 Å². The van der Waals surface area contributed by atoms with Crippen molar-refractivity contribution in [2.45, 2.75) is 58.6 Å². The second kappa shape index (κ2) is 9.30. The summed E-state index contributed by atoms with van der Waals surface area (Å²) < 4.78 is 10.2. The molecule has 0 spiro atoms. The number of aromatic nitrogens is 1. The molecule has 1 aliphatic carbocycles. The summed E-state index contributed by atoms with van der Waals surface area (Å²) in [6, 6.07) is -0.105. The molecule has 2 unspecified atom stereocenters. The van der Waals surface area contributed by atoms with E-state index in [-0.39, 0.29) is 23.6 Å². The molecule has 2 rings (SSSR count). The number of ether oxygens (including phenoxy) is 2. The molecule has 0 saturated heterocycles. The van der Waals surface area contributed by atoms with Crippen LogP contribution in [0.1, 0.15) is 68.1 Å². The van der Waals surface area contributed by atoms with Crippen molar-refractivity contribution in [2.24, 2.45) is 11.8 Å². The van der Waals surface area contributed by atoms with Crippen LogP contribution in [0.15, 0.2) is 5.38 Å². The van der Waals surface area contributed by atoms with Gasteiger partial charge in [0.05, 0.1) is 7.11 Å². The molecule has 7 nitrogen and oxygen atoms in total. The molecule has 1 aromatic rings. The zero-order valence-corrected chi connectivity index (χ0v) is 17.4. The minimum absolute atomic E-state index is 0.105. The van der Waals surface area contributed by atoms with Gasteiger partial charge in [-0.05, 0) is 24.7 Å². The summed E-state index contributed by atoms with van der Waals surface area (Å²) in [5.41, 5.74) is 0.189. The summed E-state index contributed by atoms with van der Waals surface area (Å²) in [4.78, 5) is 41.9. The van der Waals surface area contributed by atoms with Gasteiger partial charge in [0.15, 0.2) is 11.8 Å². The van der Waals surface area contributed by atoms with E-state index in [9.17, 15) is 14.4 Å². The summed E-state index contributed by atoms with van der Waals surface area (Å²) in [7, 11) is 3.10. The van der Waals surface area contributed by atoms with Gasteiger partial charge in [-0.25, -0.2) is 9.78 Å². The van der Waals surface area contributed by atoms with Gasteiger partial charge in [0.1, 0.15) is 5.01 Å². The Hall–Kier alpha value is -1.96. The maximum absolute atomic E-state index is 12.6. The molecular weight excluding hydrogens is 368 g/mol. The predicted molar refractivity (Wildman–Crippen MR) is 101 cm³/mol. The Kier molecular flexibility index (Phi) is 7.35. The SMILES string of the molecule is COC(=O)c1csc(C(CC(C(C)C)N(C)C(=O)CC2CC2)OC(C)=O)n1. The molecule has 1 saturated carbocycles. The number of hydrogen-bond donors (Lipinski definition) is 0. The lowest BCUT2D eigenvalue weighted by atomic mass is 9.96. The lowest BCUT2D eigenvalue weighted by Gasteiger charge is -2.33. The van der Waals surface area contributed by atoms with Gasteiger partial charge < -0.3 is 14.4 Å². The van der Waals surface area contributed by atoms with Crippen LogP contribution in [0, 0.1) is 11.8 Å². The van der Waals surface area contributed by atoms with E-state index in [2.05, 4.69) is 9.72 Å². The third-order valence-corrected chi connectivity index (χ3v) is 5.71. The van der Waals surface area contributed by atoms with E-state index in [1.807, 2.05) is 20.9 Å². The van der Waals surface area contributed by atoms with E-state index in [4.69, 9.17) is 4.74 Å². The minimum Gasteiger partial charge on any atom is -0.464 e. The van der Waals surface area contributed by atoms with Gasteiger partial charge in [-0.15, -0.1) is 11.3 Å². The molecule has 150 valence electrons. The first-order chi connectivity index (χ1) is 12.7. The highest BCUT2D eigenvalue weighted by molar-refractivity contribution is 7.09. The maximum Gasteiger partial charge on any atom is 0.357 e. The van der Waals surface area contributed by atoms with Crippen molar-refractivity contribution in [3.8, 4) is 0 Å². The second-order valence-corrected chi connectivity index (χ2v) is 8.25. The van der Waals surface area contributed by atoms with E-state index in [0.717, 1.165) is 12.8 Å². The number of carbonyl (C=O) groups is 3. The molecule has 1 aromatic heterocycles. The Morgan fingerprint density at radius 3 is 2.52 bits per heavy atom. The third kappa shape index (κ3) is 6.02. The summed E-state index contributed by atoms with van der Waals surface area (Å²) in [5, 5.41) is 2.11. The Morgan fingerprint density at radius 2 is 2.00 bits per heavy atom. The quantitative estimate of drug-likeness (QED) is 0.596. The number of hydrogen-bond acceptors (Lipinski definition) is 7. The van der Waals surface area contributed by atoms with Crippen LogP contribution in [0.25, 0.3) is 0 Å². The third-order valence-electron chi connectivity index (χ3n) is 4.78. The fourth-order valence-corrected chi connectivity index (χ4v) is 3.86. The van der Waals surface area contributed by atoms with Crippen LogP contribution in [0.3, 0.4) is 0 Å². The number of rotatable bonds is 9. The zero-order valence-electron chi connectivity index (χ0n) is 16.6. The van der Waals surface area contributed by atoms with Gasteiger partial charge in [-0.1, -0.05) is 13.8 Å². The van der Waals surface area contributed by atoms with Crippen molar-refractivity contribution in [1.82, 2.24) is 9.88 Å². The molecule has 0 N–H and O–H groups in total. The van der Waals surface area contributed by atoms with Gasteiger partial charge in [0.2, 0.25) is 5.91 Å². The highest BCUT2D eigenvalue weighted by Gasteiger charge is 2.33. The van der Waals surface area contributed by atoms with Gasteiger partial charge >= 0.3 is 11.9 Å². The molecular formula is C19H28N2O5S. The van der Waals surface area contributed by atoms with E-state index in [0.29, 0.717) is 23.8 Å². The van der Waals surface area contributed by atoms with Gasteiger partial charge in [-0.3, -0.25) is 9.59 Å². The monoisotopic (exact) mass is 396 g/mol. The average Bonchev–Trinajstić information content (AvgIpc) is 3.28. The number of carbonyl (C=O) groups excluding carboxylic acids is 3. The van der Waals surface area contributed by atoms with Crippen LogP contribution < -0.4 is 0 Å². The first kappa shape index (κ1) is 21.3. The molecule has 0 radical (unpaired) electrons. The van der Waals surface area contributed by atoms with Crippen molar-refractivity contribution >= 4 is 29.2 Å². The Morgan fingerprint density at radius 1 is 1.33 bits per heavy atom. The smallest absolute Gasteiger partial charge is 0.357 e. The number of amides is 1. The lowest BCUT2D eigenvalue weighted by Crippen LogP contribution is -2.41. The molecule has 8 heteroatoms. The predicted octanol–water partition coefficient (Wildman–Crippen LogP) is 3.21. The summed E-state index contributed by atoms with van der Waals surface area (Å²) in [5.74, 6) is -0.150. The Balaban J connectivity index is 2.17. The van der Waals surface area contributed by atoms with Gasteiger partial charge in [-0.2, -0.15) is 0 Å². The van der Waals surface area contributed by atoms with Crippen molar-refractivity contribution < 1.29 is 23.9 Å². The van der Waals surface area contributed by atoms with Crippen molar-refractivity contribution in [2.75, 3.05) is 14.2 Å². The first-order valence-electron chi connectivity index (χ1n) is 9.19. The Bertz CT molecular complexity index is 683. The first-order valence-corrected chi connectivity index (χ1v) is 10.1. The van der Waals surface area contributed by atoms with Crippen LogP contribution in [0.5, 0.6) is 0 Å². The lowest BCUT2D eigenvalue weighted by molar-refractivity contribution is -0.148. The number of methoxy groups -OCH3 is 1. The topological polar surface area (TPSA) is 85.8 Å². The fraction of sp³-hybridized carbons (Fsp3) is 0.684. The van der Waals surface area contributed by atoms with Gasteiger partial charge in [0.25, 0.3) is 0 Å². The molecule has 0 aromatic carbocycles. The molecule has 0 bridgehead atoms. The van der Waals surface area contributed by atoms with E-state index in [1.54, 1.807) is 10.3 Å². The molecule has 1 amide bonds. The number of esters is 2. The van der Waals surface area contributed by atoms with E-state index < -0.39 is 18.0 Å². The highest BCUT2D eigenvalue weighted by Crippen LogP contribution is 2.34. The number of nitrogens with zero attached hydrogens (tertiary/aromatic N) is 2. The van der Waals surface area contributed by atoms with E-state index in [1.165, 1.54) is 25.4 Å². The van der Waals surface area contributed by atoms with Crippen LogP contribution >= 0.6 is 11.3 Å². The van der Waals surface area contributed by atoms with Crippen LogP contribution in [0.4, 0.5) is 0 Å².